The quantitative estimate of drug-likeness (QED) is 0.280. The van der Waals surface area contributed by atoms with E-state index in [0.29, 0.717) is 28.9 Å². The summed E-state index contributed by atoms with van der Waals surface area (Å²) in [7, 11) is 2.07. The Balaban J connectivity index is 0.000000369. The van der Waals surface area contributed by atoms with Crippen LogP contribution in [0.25, 0.3) is 0 Å². The number of rotatable bonds is 9. The van der Waals surface area contributed by atoms with E-state index in [9.17, 15) is 18.4 Å². The molecule has 8 heteroatoms. The van der Waals surface area contributed by atoms with E-state index in [1.54, 1.807) is 37.5 Å². The average molecular weight is 579 g/mol. The lowest BCUT2D eigenvalue weighted by Gasteiger charge is -2.33. The third-order valence-electron chi connectivity index (χ3n) is 7.56. The third-order valence-corrected chi connectivity index (χ3v) is 7.56. The van der Waals surface area contributed by atoms with Gasteiger partial charge in [0.15, 0.2) is 5.78 Å². The van der Waals surface area contributed by atoms with E-state index in [2.05, 4.69) is 34.1 Å². The van der Waals surface area contributed by atoms with Crippen molar-refractivity contribution in [2.45, 2.75) is 66.3 Å². The molecule has 1 aliphatic rings. The van der Waals surface area contributed by atoms with Crippen LogP contribution in [0.1, 0.15) is 82.6 Å². The number of pyridine rings is 1. The Labute approximate surface area is 249 Å². The molecule has 0 atom stereocenters. The SMILES string of the molecule is CCCc1ccc(C(=O)Nc2ccc(CN3CCN(C)CC3)c(C(C)(F)F)c2)cc1C.CCc1cncc(C(C)=O)c1. The fourth-order valence-electron chi connectivity index (χ4n) is 4.91. The van der Waals surface area contributed by atoms with E-state index in [0.717, 1.165) is 63.5 Å². The Morgan fingerprint density at radius 3 is 2.24 bits per heavy atom. The van der Waals surface area contributed by atoms with Gasteiger partial charge in [0.25, 0.3) is 11.8 Å². The number of aryl methyl sites for hydroxylation is 3. The second kappa shape index (κ2) is 15.1. The maximum atomic E-state index is 14.4. The van der Waals surface area contributed by atoms with Gasteiger partial charge in [-0.1, -0.05) is 32.4 Å². The van der Waals surface area contributed by atoms with Crippen molar-refractivity contribution in [3.63, 3.8) is 0 Å². The minimum atomic E-state index is -2.99. The van der Waals surface area contributed by atoms with Crippen LogP contribution < -0.4 is 5.32 Å². The van der Waals surface area contributed by atoms with Gasteiger partial charge in [0.05, 0.1) is 0 Å². The van der Waals surface area contributed by atoms with Crippen molar-refractivity contribution in [2.24, 2.45) is 0 Å². The summed E-state index contributed by atoms with van der Waals surface area (Å²) in [6.45, 7) is 12.7. The van der Waals surface area contributed by atoms with Crippen molar-refractivity contribution >= 4 is 17.4 Å². The summed E-state index contributed by atoms with van der Waals surface area (Å²) in [5, 5.41) is 2.79. The highest BCUT2D eigenvalue weighted by molar-refractivity contribution is 6.04. The van der Waals surface area contributed by atoms with Crippen LogP contribution in [0.2, 0.25) is 0 Å². The first-order chi connectivity index (χ1) is 19.9. The molecule has 1 amide bonds. The summed E-state index contributed by atoms with van der Waals surface area (Å²) in [6.07, 6.45) is 6.32. The number of carbonyl (C=O) groups is 2. The van der Waals surface area contributed by atoms with E-state index in [1.807, 2.05) is 32.0 Å². The number of hydrogen-bond donors (Lipinski definition) is 1. The number of nitrogens with zero attached hydrogens (tertiary/aromatic N) is 3. The largest absolute Gasteiger partial charge is 0.322 e. The molecule has 4 rings (SSSR count). The molecule has 0 unspecified atom stereocenters. The van der Waals surface area contributed by atoms with Gasteiger partial charge in [0, 0.05) is 74.4 Å². The predicted molar refractivity (Wildman–Crippen MR) is 166 cm³/mol. The second-order valence-corrected chi connectivity index (χ2v) is 11.2. The Hall–Kier alpha value is -3.49. The first-order valence-corrected chi connectivity index (χ1v) is 14.7. The Morgan fingerprint density at radius 2 is 1.64 bits per heavy atom. The van der Waals surface area contributed by atoms with Crippen molar-refractivity contribution < 1.29 is 18.4 Å². The number of hydrogen-bond acceptors (Lipinski definition) is 5. The molecule has 2 aromatic carbocycles. The molecule has 0 saturated carbocycles. The molecule has 2 heterocycles. The number of ketones is 1. The molecule has 0 radical (unpaired) electrons. The van der Waals surface area contributed by atoms with Crippen molar-refractivity contribution in [3.05, 3.63) is 93.8 Å². The maximum Gasteiger partial charge on any atom is 0.270 e. The van der Waals surface area contributed by atoms with Gasteiger partial charge in [0.1, 0.15) is 0 Å². The fourth-order valence-corrected chi connectivity index (χ4v) is 4.91. The van der Waals surface area contributed by atoms with Crippen LogP contribution in [0.5, 0.6) is 0 Å². The number of alkyl halides is 2. The molecule has 0 bridgehead atoms. The molecule has 226 valence electrons. The van der Waals surface area contributed by atoms with Crippen LogP contribution in [0, 0.1) is 6.92 Å². The van der Waals surface area contributed by atoms with Crippen molar-refractivity contribution in [2.75, 3.05) is 38.5 Å². The van der Waals surface area contributed by atoms with Gasteiger partial charge in [-0.3, -0.25) is 19.5 Å². The summed E-state index contributed by atoms with van der Waals surface area (Å²) < 4.78 is 28.8. The van der Waals surface area contributed by atoms with E-state index in [-0.39, 0.29) is 17.3 Å². The zero-order valence-electron chi connectivity index (χ0n) is 25.8. The number of Topliss-reactive ketones (excluding diaryl/α,β-unsaturated/α-hetero) is 1. The number of likely N-dealkylation sites (N-methyl/N-ethyl adjacent to an activating group) is 1. The highest BCUT2D eigenvalue weighted by Crippen LogP contribution is 2.33. The lowest BCUT2D eigenvalue weighted by Crippen LogP contribution is -2.44. The molecule has 1 N–H and O–H groups in total. The highest BCUT2D eigenvalue weighted by atomic mass is 19.3. The van der Waals surface area contributed by atoms with Crippen LogP contribution >= 0.6 is 0 Å². The third kappa shape index (κ3) is 9.53. The van der Waals surface area contributed by atoms with E-state index < -0.39 is 5.92 Å². The van der Waals surface area contributed by atoms with E-state index >= 15 is 0 Å². The number of anilines is 1. The molecule has 6 nitrogen and oxygen atoms in total. The van der Waals surface area contributed by atoms with Crippen LogP contribution in [-0.4, -0.2) is 59.7 Å². The summed E-state index contributed by atoms with van der Waals surface area (Å²) in [6, 6.07) is 12.4. The van der Waals surface area contributed by atoms with E-state index in [4.69, 9.17) is 0 Å². The maximum absolute atomic E-state index is 14.4. The number of carbonyl (C=O) groups excluding carboxylic acids is 2. The first kappa shape index (κ1) is 33.0. The topological polar surface area (TPSA) is 65.5 Å². The molecule has 1 fully saturated rings. The van der Waals surface area contributed by atoms with Gasteiger partial charge in [-0.2, -0.15) is 0 Å². The monoisotopic (exact) mass is 578 g/mol. The molecule has 3 aromatic rings. The molecule has 1 saturated heterocycles. The second-order valence-electron chi connectivity index (χ2n) is 11.2. The van der Waals surface area contributed by atoms with Crippen molar-refractivity contribution in [1.29, 1.82) is 0 Å². The molecule has 0 spiro atoms. The summed E-state index contributed by atoms with van der Waals surface area (Å²) in [5.41, 5.74) is 5.59. The van der Waals surface area contributed by atoms with Crippen molar-refractivity contribution in [1.82, 2.24) is 14.8 Å². The van der Waals surface area contributed by atoms with Crippen LogP contribution in [0.4, 0.5) is 14.5 Å². The van der Waals surface area contributed by atoms with Crippen LogP contribution in [-0.2, 0) is 25.3 Å². The van der Waals surface area contributed by atoms with Gasteiger partial charge in [0.2, 0.25) is 0 Å². The molecule has 1 aliphatic heterocycles. The van der Waals surface area contributed by atoms with Gasteiger partial charge in [-0.25, -0.2) is 8.78 Å². The first-order valence-electron chi connectivity index (χ1n) is 14.7. The fraction of sp³-hybridized carbons (Fsp3) is 0.441. The Bertz CT molecular complexity index is 1360. The zero-order valence-corrected chi connectivity index (χ0v) is 25.8. The smallest absolute Gasteiger partial charge is 0.270 e. The summed E-state index contributed by atoms with van der Waals surface area (Å²) in [4.78, 5) is 32.0. The summed E-state index contributed by atoms with van der Waals surface area (Å²) >= 11 is 0. The number of aromatic nitrogens is 1. The predicted octanol–water partition coefficient (Wildman–Crippen LogP) is 6.91. The van der Waals surface area contributed by atoms with Crippen LogP contribution in [0.3, 0.4) is 0 Å². The normalized spacial score (nSPS) is 14.2. The zero-order chi connectivity index (χ0) is 30.9. The number of benzene rings is 2. The lowest BCUT2D eigenvalue weighted by molar-refractivity contribution is 0.0155. The molecule has 0 aliphatic carbocycles. The molecule has 1 aromatic heterocycles. The Kier molecular flexibility index (Phi) is 11.9. The minimum absolute atomic E-state index is 0.0290. The van der Waals surface area contributed by atoms with E-state index in [1.165, 1.54) is 11.6 Å². The lowest BCUT2D eigenvalue weighted by atomic mass is 9.99. The molecular weight excluding hydrogens is 534 g/mol. The number of amides is 1. The summed E-state index contributed by atoms with van der Waals surface area (Å²) in [5.74, 6) is -3.20. The van der Waals surface area contributed by atoms with Crippen LogP contribution in [0.15, 0.2) is 54.9 Å². The molecular formula is C34H44F2N4O2. The minimum Gasteiger partial charge on any atom is -0.322 e. The van der Waals surface area contributed by atoms with Crippen molar-refractivity contribution in [3.8, 4) is 0 Å². The standard InChI is InChI=1S/C25H33F2N3O.C9H11NO/c1-5-6-19-7-8-20(15-18(19)2)24(31)28-22-10-9-21(23(16-22)25(3,26)27)17-30-13-11-29(4)12-14-30;1-3-8-4-9(7(2)11)6-10-5-8/h7-10,15-16H,5-6,11-14,17H2,1-4H3,(H,28,31);4-6H,3H2,1-2H3. The number of halogens is 2. The average Bonchev–Trinajstić information content (AvgIpc) is 2.96. The molecule has 42 heavy (non-hydrogen) atoms. The Morgan fingerprint density at radius 1 is 0.952 bits per heavy atom. The number of piperazine rings is 1. The highest BCUT2D eigenvalue weighted by Gasteiger charge is 2.29. The van der Waals surface area contributed by atoms with Gasteiger partial charge in [-0.05, 0) is 86.3 Å². The van der Waals surface area contributed by atoms with Gasteiger partial charge >= 0.3 is 0 Å². The van der Waals surface area contributed by atoms with Gasteiger partial charge in [-0.15, -0.1) is 0 Å². The number of nitrogens with one attached hydrogen (secondary N) is 1. The van der Waals surface area contributed by atoms with Gasteiger partial charge < -0.3 is 10.2 Å².